The molecule has 0 bridgehead atoms. The molecule has 0 aliphatic rings. The van der Waals surface area contributed by atoms with Gasteiger partial charge in [-0.25, -0.2) is 4.39 Å². The minimum absolute atomic E-state index is 0.0452. The summed E-state index contributed by atoms with van der Waals surface area (Å²) in [7, 11) is 0. The molecule has 90 valence electrons. The smallest absolute Gasteiger partial charge is 0.234 e. The Labute approximate surface area is 106 Å². The Bertz CT molecular complexity index is 698. The molecule has 3 aromatic rings. The van der Waals surface area contributed by atoms with Crippen molar-refractivity contribution in [3.8, 4) is 11.6 Å². The standard InChI is InChI=1S/C11H6ClFN4O/c12-11-15-9-8(5-14-17-9)10(16-11)18-7-3-1-6(13)2-4-7/h1-5H,(H,14,15,16,17). The molecule has 1 N–H and O–H groups in total. The van der Waals surface area contributed by atoms with Crippen molar-refractivity contribution in [3.63, 3.8) is 0 Å². The van der Waals surface area contributed by atoms with Crippen molar-refractivity contribution in [2.45, 2.75) is 0 Å². The number of hydrogen-bond acceptors (Lipinski definition) is 4. The molecule has 0 aliphatic carbocycles. The molecule has 0 amide bonds. The first kappa shape index (κ1) is 10.9. The number of rotatable bonds is 2. The van der Waals surface area contributed by atoms with E-state index in [9.17, 15) is 4.39 Å². The number of aromatic nitrogens is 4. The lowest BCUT2D eigenvalue weighted by molar-refractivity contribution is 0.466. The number of fused-ring (bicyclic) bond motifs is 1. The second-order valence-corrected chi connectivity index (χ2v) is 3.82. The minimum atomic E-state index is -0.337. The van der Waals surface area contributed by atoms with Crippen LogP contribution in [0.3, 0.4) is 0 Å². The molecule has 0 fully saturated rings. The number of hydrogen-bond donors (Lipinski definition) is 1. The Morgan fingerprint density at radius 1 is 1.17 bits per heavy atom. The molecule has 0 unspecified atom stereocenters. The summed E-state index contributed by atoms with van der Waals surface area (Å²) >= 11 is 5.76. The lowest BCUT2D eigenvalue weighted by Gasteiger charge is -2.05. The molecule has 0 aliphatic heterocycles. The van der Waals surface area contributed by atoms with E-state index in [0.717, 1.165) is 0 Å². The van der Waals surface area contributed by atoms with Gasteiger partial charge in [0.25, 0.3) is 0 Å². The van der Waals surface area contributed by atoms with Gasteiger partial charge in [-0.1, -0.05) is 0 Å². The quantitative estimate of drug-likeness (QED) is 0.723. The van der Waals surface area contributed by atoms with Crippen LogP contribution in [0.5, 0.6) is 11.6 Å². The molecule has 0 saturated heterocycles. The van der Waals surface area contributed by atoms with Crippen LogP contribution in [0.1, 0.15) is 0 Å². The maximum Gasteiger partial charge on any atom is 0.234 e. The van der Waals surface area contributed by atoms with E-state index < -0.39 is 0 Å². The first-order chi connectivity index (χ1) is 8.72. The second-order valence-electron chi connectivity index (χ2n) is 3.49. The number of ether oxygens (including phenoxy) is 1. The summed E-state index contributed by atoms with van der Waals surface area (Å²) in [4.78, 5) is 7.92. The molecule has 2 aromatic heterocycles. The van der Waals surface area contributed by atoms with Gasteiger partial charge in [-0.15, -0.1) is 0 Å². The maximum atomic E-state index is 12.8. The first-order valence-corrected chi connectivity index (χ1v) is 5.40. The molecule has 0 radical (unpaired) electrons. The molecule has 0 saturated carbocycles. The second kappa shape index (κ2) is 4.23. The van der Waals surface area contributed by atoms with E-state index in [-0.39, 0.29) is 17.0 Å². The average molecular weight is 265 g/mol. The highest BCUT2D eigenvalue weighted by atomic mass is 35.5. The van der Waals surface area contributed by atoms with Crippen molar-refractivity contribution in [1.82, 2.24) is 20.2 Å². The average Bonchev–Trinajstić information content (AvgIpc) is 2.80. The van der Waals surface area contributed by atoms with Crippen LogP contribution in [0.15, 0.2) is 30.5 Å². The van der Waals surface area contributed by atoms with Crippen molar-refractivity contribution in [1.29, 1.82) is 0 Å². The Kier molecular flexibility index (Phi) is 2.56. The third-order valence-electron chi connectivity index (χ3n) is 2.28. The molecule has 0 atom stereocenters. The van der Waals surface area contributed by atoms with Crippen LogP contribution in [-0.2, 0) is 0 Å². The number of nitrogens with one attached hydrogen (secondary N) is 1. The Balaban J connectivity index is 2.03. The summed E-state index contributed by atoms with van der Waals surface area (Å²) in [5.41, 5.74) is 0.479. The Morgan fingerprint density at radius 2 is 1.94 bits per heavy atom. The monoisotopic (exact) mass is 264 g/mol. The van der Waals surface area contributed by atoms with Gasteiger partial charge in [0.2, 0.25) is 11.2 Å². The van der Waals surface area contributed by atoms with Crippen molar-refractivity contribution in [2.24, 2.45) is 0 Å². The van der Waals surface area contributed by atoms with Crippen LogP contribution in [0.25, 0.3) is 11.0 Å². The lowest BCUT2D eigenvalue weighted by Crippen LogP contribution is -1.92. The SMILES string of the molecule is Fc1ccc(Oc2nc(Cl)nc3[nH]ncc23)cc1. The van der Waals surface area contributed by atoms with E-state index in [1.165, 1.54) is 30.5 Å². The normalized spacial score (nSPS) is 10.8. The van der Waals surface area contributed by atoms with Crippen molar-refractivity contribution < 1.29 is 9.13 Å². The van der Waals surface area contributed by atoms with Gasteiger partial charge in [0.1, 0.15) is 17.0 Å². The van der Waals surface area contributed by atoms with Crippen molar-refractivity contribution in [3.05, 3.63) is 41.6 Å². The highest BCUT2D eigenvalue weighted by Gasteiger charge is 2.10. The van der Waals surface area contributed by atoms with Gasteiger partial charge in [-0.2, -0.15) is 15.1 Å². The van der Waals surface area contributed by atoms with Gasteiger partial charge in [0.05, 0.1) is 6.20 Å². The number of benzene rings is 1. The van der Waals surface area contributed by atoms with E-state index in [2.05, 4.69) is 20.2 Å². The minimum Gasteiger partial charge on any atom is -0.438 e. The number of halogens is 2. The third-order valence-corrected chi connectivity index (χ3v) is 2.44. The fourth-order valence-corrected chi connectivity index (χ4v) is 1.64. The van der Waals surface area contributed by atoms with Gasteiger partial charge >= 0.3 is 0 Å². The van der Waals surface area contributed by atoms with Gasteiger partial charge in [-0.3, -0.25) is 5.10 Å². The molecule has 18 heavy (non-hydrogen) atoms. The zero-order chi connectivity index (χ0) is 12.5. The van der Waals surface area contributed by atoms with Crippen molar-refractivity contribution in [2.75, 3.05) is 0 Å². The van der Waals surface area contributed by atoms with Crippen LogP contribution in [0.2, 0.25) is 5.28 Å². The summed E-state index contributed by atoms with van der Waals surface area (Å²) in [5.74, 6) is 0.385. The molecular formula is C11H6ClFN4O. The number of aromatic amines is 1. The molecule has 2 heterocycles. The first-order valence-electron chi connectivity index (χ1n) is 5.02. The summed E-state index contributed by atoms with van der Waals surface area (Å²) in [5, 5.41) is 7.15. The molecule has 5 nitrogen and oxygen atoms in total. The summed E-state index contributed by atoms with van der Waals surface area (Å²) in [6.07, 6.45) is 1.53. The van der Waals surface area contributed by atoms with Crippen LogP contribution in [-0.4, -0.2) is 20.2 Å². The van der Waals surface area contributed by atoms with Crippen LogP contribution in [0.4, 0.5) is 4.39 Å². The molecule has 7 heteroatoms. The Morgan fingerprint density at radius 3 is 2.72 bits per heavy atom. The van der Waals surface area contributed by atoms with E-state index in [0.29, 0.717) is 16.8 Å². The van der Waals surface area contributed by atoms with E-state index >= 15 is 0 Å². The van der Waals surface area contributed by atoms with Crippen LogP contribution >= 0.6 is 11.6 Å². The fraction of sp³-hybridized carbons (Fsp3) is 0. The van der Waals surface area contributed by atoms with Gasteiger partial charge in [-0.05, 0) is 35.9 Å². The van der Waals surface area contributed by atoms with E-state index in [1.807, 2.05) is 0 Å². The van der Waals surface area contributed by atoms with E-state index in [1.54, 1.807) is 0 Å². The van der Waals surface area contributed by atoms with Gasteiger partial charge < -0.3 is 4.74 Å². The number of nitrogens with zero attached hydrogens (tertiary/aromatic N) is 3. The molecule has 3 rings (SSSR count). The maximum absolute atomic E-state index is 12.8. The predicted octanol–water partition coefficient (Wildman–Crippen LogP) is 2.94. The summed E-state index contributed by atoms with van der Waals surface area (Å²) in [6.45, 7) is 0. The zero-order valence-corrected chi connectivity index (χ0v) is 9.65. The predicted molar refractivity (Wildman–Crippen MR) is 63.2 cm³/mol. The topological polar surface area (TPSA) is 63.7 Å². The fourth-order valence-electron chi connectivity index (χ4n) is 1.47. The third kappa shape index (κ3) is 1.98. The molecular weight excluding hydrogens is 259 g/mol. The van der Waals surface area contributed by atoms with Crippen LogP contribution in [0, 0.1) is 5.82 Å². The van der Waals surface area contributed by atoms with Crippen molar-refractivity contribution >= 4 is 22.6 Å². The lowest BCUT2D eigenvalue weighted by atomic mass is 10.3. The van der Waals surface area contributed by atoms with Crippen LogP contribution < -0.4 is 4.74 Å². The highest BCUT2D eigenvalue weighted by molar-refractivity contribution is 6.28. The molecule has 0 spiro atoms. The Hall–Kier alpha value is -2.21. The largest absolute Gasteiger partial charge is 0.438 e. The van der Waals surface area contributed by atoms with Gasteiger partial charge in [0, 0.05) is 0 Å². The summed E-state index contributed by atoms with van der Waals surface area (Å²) < 4.78 is 18.3. The summed E-state index contributed by atoms with van der Waals surface area (Å²) in [6, 6.07) is 5.59. The zero-order valence-electron chi connectivity index (χ0n) is 8.89. The highest BCUT2D eigenvalue weighted by Crippen LogP contribution is 2.27. The van der Waals surface area contributed by atoms with Gasteiger partial charge in [0.15, 0.2) is 5.65 Å². The van der Waals surface area contributed by atoms with E-state index in [4.69, 9.17) is 16.3 Å². The molecule has 1 aromatic carbocycles. The number of H-pyrrole nitrogens is 1.